The summed E-state index contributed by atoms with van der Waals surface area (Å²) in [5.74, 6) is 0.894. The second kappa shape index (κ2) is 4.62. The maximum atomic E-state index is 4.33. The van der Waals surface area contributed by atoms with Crippen LogP contribution in [0.25, 0.3) is 10.2 Å². The summed E-state index contributed by atoms with van der Waals surface area (Å²) >= 11 is 3.38. The molecule has 0 amide bonds. The number of hydrogen-bond acceptors (Lipinski definition) is 6. The predicted molar refractivity (Wildman–Crippen MR) is 76.3 cm³/mol. The number of thiophene rings is 1. The minimum Gasteiger partial charge on any atom is -0.362 e. The van der Waals surface area contributed by atoms with Gasteiger partial charge in [0.2, 0.25) is 0 Å². The molecule has 0 atom stereocenters. The molecule has 0 spiro atoms. The molecular formula is C12H12N4S2. The topological polar surface area (TPSA) is 50.7 Å². The fourth-order valence-corrected chi connectivity index (χ4v) is 3.43. The van der Waals surface area contributed by atoms with Gasteiger partial charge in [-0.1, -0.05) is 0 Å². The fourth-order valence-electron chi connectivity index (χ4n) is 1.74. The largest absolute Gasteiger partial charge is 0.362 e. The van der Waals surface area contributed by atoms with Crippen molar-refractivity contribution >= 4 is 38.7 Å². The number of fused-ring (bicyclic) bond motifs is 1. The predicted octanol–water partition coefficient (Wildman–Crippen LogP) is 3.38. The van der Waals surface area contributed by atoms with Crippen molar-refractivity contribution < 1.29 is 0 Å². The molecule has 0 saturated carbocycles. The Bertz CT molecular complexity index is 686. The molecule has 0 fully saturated rings. The van der Waals surface area contributed by atoms with Gasteiger partial charge in [0, 0.05) is 11.1 Å². The van der Waals surface area contributed by atoms with Gasteiger partial charge in [-0.25, -0.2) is 15.0 Å². The van der Waals surface area contributed by atoms with Crippen LogP contribution in [0.15, 0.2) is 17.9 Å². The molecule has 6 heteroatoms. The van der Waals surface area contributed by atoms with Crippen molar-refractivity contribution in [2.24, 2.45) is 0 Å². The van der Waals surface area contributed by atoms with Crippen LogP contribution in [0.3, 0.4) is 0 Å². The van der Waals surface area contributed by atoms with Crippen LogP contribution < -0.4 is 5.32 Å². The quantitative estimate of drug-likeness (QED) is 0.796. The van der Waals surface area contributed by atoms with Crippen molar-refractivity contribution in [3.63, 3.8) is 0 Å². The summed E-state index contributed by atoms with van der Waals surface area (Å²) in [7, 11) is 0. The van der Waals surface area contributed by atoms with Crippen LogP contribution in [0, 0.1) is 13.8 Å². The third-order valence-electron chi connectivity index (χ3n) is 2.61. The lowest BCUT2D eigenvalue weighted by Crippen LogP contribution is -2.01. The van der Waals surface area contributed by atoms with E-state index in [1.54, 1.807) is 29.0 Å². The zero-order valence-electron chi connectivity index (χ0n) is 10.1. The van der Waals surface area contributed by atoms with Crippen LogP contribution in [0.5, 0.6) is 0 Å². The average Bonchev–Trinajstić information content (AvgIpc) is 2.94. The molecule has 3 aromatic rings. The zero-order valence-corrected chi connectivity index (χ0v) is 11.7. The first kappa shape index (κ1) is 11.6. The first-order valence-electron chi connectivity index (χ1n) is 5.58. The molecule has 3 rings (SSSR count). The zero-order chi connectivity index (χ0) is 12.5. The molecule has 0 radical (unpaired) electrons. The molecule has 3 heterocycles. The van der Waals surface area contributed by atoms with Crippen molar-refractivity contribution in [2.75, 3.05) is 5.32 Å². The minimum atomic E-state index is 0.710. The molecule has 3 aromatic heterocycles. The van der Waals surface area contributed by atoms with Crippen molar-refractivity contribution in [2.45, 2.75) is 20.4 Å². The van der Waals surface area contributed by atoms with Gasteiger partial charge in [0.15, 0.2) is 0 Å². The number of aromatic nitrogens is 3. The minimum absolute atomic E-state index is 0.710. The van der Waals surface area contributed by atoms with E-state index < -0.39 is 0 Å². The van der Waals surface area contributed by atoms with E-state index in [9.17, 15) is 0 Å². The molecule has 0 aliphatic rings. The molecule has 92 valence electrons. The summed E-state index contributed by atoms with van der Waals surface area (Å²) in [4.78, 5) is 14.2. The van der Waals surface area contributed by atoms with Crippen LogP contribution in [0.1, 0.15) is 15.4 Å². The summed E-state index contributed by atoms with van der Waals surface area (Å²) in [6, 6.07) is 0. The van der Waals surface area contributed by atoms with Gasteiger partial charge in [-0.3, -0.25) is 0 Å². The highest BCUT2D eigenvalue weighted by Crippen LogP contribution is 2.28. The lowest BCUT2D eigenvalue weighted by Gasteiger charge is -2.03. The molecule has 0 saturated heterocycles. The van der Waals surface area contributed by atoms with Crippen molar-refractivity contribution in [3.05, 3.63) is 33.4 Å². The summed E-state index contributed by atoms with van der Waals surface area (Å²) in [6.07, 6.45) is 3.50. The highest BCUT2D eigenvalue weighted by atomic mass is 32.1. The monoisotopic (exact) mass is 276 g/mol. The van der Waals surface area contributed by atoms with Crippen LogP contribution in [-0.4, -0.2) is 15.0 Å². The molecular weight excluding hydrogens is 264 g/mol. The second-order valence-corrected chi connectivity index (χ2v) is 6.24. The highest BCUT2D eigenvalue weighted by molar-refractivity contribution is 7.18. The molecule has 0 bridgehead atoms. The highest BCUT2D eigenvalue weighted by Gasteiger charge is 2.08. The van der Waals surface area contributed by atoms with Gasteiger partial charge >= 0.3 is 0 Å². The number of aryl methyl sites for hydroxylation is 2. The Kier molecular flexibility index (Phi) is 2.97. The molecule has 0 aromatic carbocycles. The van der Waals surface area contributed by atoms with Crippen LogP contribution in [0.2, 0.25) is 0 Å². The normalized spacial score (nSPS) is 11.0. The van der Waals surface area contributed by atoms with E-state index in [2.05, 4.69) is 39.5 Å². The first-order valence-corrected chi connectivity index (χ1v) is 7.27. The number of thiazole rings is 1. The van der Waals surface area contributed by atoms with Crippen LogP contribution >= 0.6 is 22.7 Å². The summed E-state index contributed by atoms with van der Waals surface area (Å²) in [5.41, 5.74) is 2.23. The maximum Gasteiger partial charge on any atom is 0.147 e. The Morgan fingerprint density at radius 3 is 2.89 bits per heavy atom. The number of anilines is 1. The summed E-state index contributed by atoms with van der Waals surface area (Å²) < 4.78 is 1.11. The molecule has 4 nitrogen and oxygen atoms in total. The molecule has 1 N–H and O–H groups in total. The fraction of sp³-hybridized carbons (Fsp3) is 0.250. The van der Waals surface area contributed by atoms with Crippen molar-refractivity contribution in [3.8, 4) is 0 Å². The Morgan fingerprint density at radius 2 is 2.11 bits per heavy atom. The third kappa shape index (κ3) is 2.09. The van der Waals surface area contributed by atoms with Crippen LogP contribution in [-0.2, 0) is 6.54 Å². The maximum absolute atomic E-state index is 4.33. The van der Waals surface area contributed by atoms with Gasteiger partial charge in [-0.2, -0.15) is 0 Å². The molecule has 0 aliphatic heterocycles. The first-order chi connectivity index (χ1) is 8.74. The SMILES string of the molecule is Cc1cnc(CNc2ncnc3c(C)csc23)s1. The van der Waals surface area contributed by atoms with Gasteiger partial charge in [-0.05, 0) is 24.8 Å². The van der Waals surface area contributed by atoms with E-state index in [1.165, 1.54) is 10.4 Å². The van der Waals surface area contributed by atoms with Gasteiger partial charge in [0.1, 0.15) is 17.2 Å². The molecule has 18 heavy (non-hydrogen) atoms. The number of nitrogens with one attached hydrogen (secondary N) is 1. The van der Waals surface area contributed by atoms with Gasteiger partial charge in [0.25, 0.3) is 0 Å². The Morgan fingerprint density at radius 1 is 1.22 bits per heavy atom. The number of nitrogens with zero attached hydrogens (tertiary/aromatic N) is 3. The molecule has 0 unspecified atom stereocenters. The smallest absolute Gasteiger partial charge is 0.147 e. The van der Waals surface area contributed by atoms with E-state index in [0.717, 1.165) is 21.0 Å². The van der Waals surface area contributed by atoms with Gasteiger partial charge in [-0.15, -0.1) is 22.7 Å². The Hall–Kier alpha value is -1.53. The van der Waals surface area contributed by atoms with E-state index in [-0.39, 0.29) is 0 Å². The van der Waals surface area contributed by atoms with Gasteiger partial charge < -0.3 is 5.32 Å². The second-order valence-electron chi connectivity index (χ2n) is 4.04. The van der Waals surface area contributed by atoms with Crippen molar-refractivity contribution in [1.29, 1.82) is 0 Å². The van der Waals surface area contributed by atoms with Crippen LogP contribution in [0.4, 0.5) is 5.82 Å². The van der Waals surface area contributed by atoms with E-state index in [1.807, 2.05) is 6.20 Å². The number of hydrogen-bond donors (Lipinski definition) is 1. The standard InChI is InChI=1S/C12H12N4S2/c1-7-5-17-11-10(7)15-6-16-12(11)14-4-9-13-3-8(2)18-9/h3,5-6H,4H2,1-2H3,(H,14,15,16). The van der Waals surface area contributed by atoms with E-state index in [0.29, 0.717) is 6.54 Å². The Labute approximate surface area is 113 Å². The molecule has 0 aliphatic carbocycles. The van der Waals surface area contributed by atoms with E-state index >= 15 is 0 Å². The summed E-state index contributed by atoms with van der Waals surface area (Å²) in [5, 5.41) is 6.52. The summed E-state index contributed by atoms with van der Waals surface area (Å²) in [6.45, 7) is 4.84. The van der Waals surface area contributed by atoms with E-state index in [4.69, 9.17) is 0 Å². The lowest BCUT2D eigenvalue weighted by atomic mass is 10.3. The lowest BCUT2D eigenvalue weighted by molar-refractivity contribution is 1.07. The average molecular weight is 276 g/mol. The number of rotatable bonds is 3. The van der Waals surface area contributed by atoms with Crippen molar-refractivity contribution in [1.82, 2.24) is 15.0 Å². The third-order valence-corrected chi connectivity index (χ3v) is 4.61. The van der Waals surface area contributed by atoms with Gasteiger partial charge in [0.05, 0.1) is 16.8 Å². The Balaban J connectivity index is 1.86.